The molecule has 0 heterocycles. The molecule has 1 aromatic rings. The van der Waals surface area contributed by atoms with Crippen molar-refractivity contribution in [2.24, 2.45) is 0 Å². The van der Waals surface area contributed by atoms with Gasteiger partial charge in [-0.25, -0.2) is 0 Å². The fourth-order valence-electron chi connectivity index (χ4n) is 1.63. The highest BCUT2D eigenvalue weighted by molar-refractivity contribution is 5.86. The fraction of sp³-hybridized carbons (Fsp3) is 0.385. The van der Waals surface area contributed by atoms with Crippen molar-refractivity contribution in [2.45, 2.75) is 26.3 Å². The lowest BCUT2D eigenvalue weighted by atomic mass is 10.0. The van der Waals surface area contributed by atoms with E-state index in [1.54, 1.807) is 31.3 Å². The van der Waals surface area contributed by atoms with E-state index in [9.17, 15) is 9.59 Å². The van der Waals surface area contributed by atoms with E-state index in [2.05, 4.69) is 0 Å². The van der Waals surface area contributed by atoms with Gasteiger partial charge in [0.05, 0.1) is 6.04 Å². The number of hydrogen-bond acceptors (Lipinski definition) is 3. The number of benzene rings is 1. The molecule has 17 heavy (non-hydrogen) atoms. The Balaban J connectivity index is 2.84. The monoisotopic (exact) mass is 235 g/mol. The van der Waals surface area contributed by atoms with Gasteiger partial charge in [-0.05, 0) is 31.0 Å². The highest BCUT2D eigenvalue weighted by atomic mass is 16.3. The number of phenols is 1. The molecule has 0 spiro atoms. The van der Waals surface area contributed by atoms with Gasteiger partial charge in [0.1, 0.15) is 5.75 Å². The molecule has 0 fully saturated rings. The highest BCUT2D eigenvalue weighted by Crippen LogP contribution is 2.13. The number of likely N-dealkylation sites (N-methyl/N-ethyl adjacent to an activating group) is 1. The number of phenolic OH excluding ortho intramolecular Hbond substituents is 1. The first-order valence-corrected chi connectivity index (χ1v) is 5.43. The zero-order valence-corrected chi connectivity index (χ0v) is 10.3. The normalized spacial score (nSPS) is 11.9. The van der Waals surface area contributed by atoms with Gasteiger partial charge in [0.25, 0.3) is 0 Å². The van der Waals surface area contributed by atoms with Crippen LogP contribution in [0, 0.1) is 0 Å². The first-order valence-electron chi connectivity index (χ1n) is 5.43. The van der Waals surface area contributed by atoms with Crippen LogP contribution in [0.3, 0.4) is 0 Å². The molecule has 0 saturated heterocycles. The van der Waals surface area contributed by atoms with Gasteiger partial charge in [0, 0.05) is 14.0 Å². The molecular weight excluding hydrogens is 218 g/mol. The van der Waals surface area contributed by atoms with Crippen LogP contribution in [0.2, 0.25) is 0 Å². The molecule has 1 aromatic carbocycles. The number of Topliss-reactive ketones (excluding diaryl/α,β-unsaturated/α-hetero) is 1. The van der Waals surface area contributed by atoms with Crippen molar-refractivity contribution < 1.29 is 14.7 Å². The third-order valence-electron chi connectivity index (χ3n) is 2.80. The second kappa shape index (κ2) is 5.48. The van der Waals surface area contributed by atoms with E-state index in [0.717, 1.165) is 5.56 Å². The van der Waals surface area contributed by atoms with Crippen LogP contribution in [-0.2, 0) is 16.0 Å². The van der Waals surface area contributed by atoms with E-state index in [0.29, 0.717) is 6.42 Å². The van der Waals surface area contributed by atoms with Gasteiger partial charge in [-0.1, -0.05) is 12.1 Å². The van der Waals surface area contributed by atoms with Gasteiger partial charge < -0.3 is 10.0 Å². The van der Waals surface area contributed by atoms with Crippen molar-refractivity contribution >= 4 is 11.7 Å². The average molecular weight is 235 g/mol. The van der Waals surface area contributed by atoms with Crippen LogP contribution in [0.15, 0.2) is 24.3 Å². The summed E-state index contributed by atoms with van der Waals surface area (Å²) in [6, 6.07) is 6.19. The topological polar surface area (TPSA) is 57.6 Å². The summed E-state index contributed by atoms with van der Waals surface area (Å²) >= 11 is 0. The second-order valence-electron chi connectivity index (χ2n) is 4.13. The first-order chi connectivity index (χ1) is 7.91. The van der Waals surface area contributed by atoms with Crippen LogP contribution in [0.4, 0.5) is 0 Å². The maximum atomic E-state index is 11.5. The van der Waals surface area contributed by atoms with Crippen LogP contribution in [0.25, 0.3) is 0 Å². The summed E-state index contributed by atoms with van der Waals surface area (Å²) in [5.41, 5.74) is 0.913. The van der Waals surface area contributed by atoms with Gasteiger partial charge in [0.2, 0.25) is 5.91 Å². The molecule has 0 aliphatic carbocycles. The SMILES string of the molecule is CC(=O)C(Cc1ccc(O)cc1)N(C)C(C)=O. The molecule has 0 bridgehead atoms. The quantitative estimate of drug-likeness (QED) is 0.857. The van der Waals surface area contributed by atoms with Crippen molar-refractivity contribution in [2.75, 3.05) is 7.05 Å². The van der Waals surface area contributed by atoms with Gasteiger partial charge in [-0.3, -0.25) is 9.59 Å². The molecule has 1 atom stereocenters. The van der Waals surface area contributed by atoms with Crippen LogP contribution in [-0.4, -0.2) is 34.8 Å². The fourth-order valence-corrected chi connectivity index (χ4v) is 1.63. The number of ketones is 1. The van der Waals surface area contributed by atoms with E-state index in [1.165, 1.54) is 18.7 Å². The summed E-state index contributed by atoms with van der Waals surface area (Å²) in [6.07, 6.45) is 0.464. The average Bonchev–Trinajstić information content (AvgIpc) is 2.26. The number of aromatic hydroxyl groups is 1. The van der Waals surface area contributed by atoms with E-state index < -0.39 is 6.04 Å². The predicted molar refractivity (Wildman–Crippen MR) is 64.7 cm³/mol. The minimum atomic E-state index is -0.447. The molecular formula is C13H17NO3. The molecule has 0 aliphatic heterocycles. The van der Waals surface area contributed by atoms with E-state index in [-0.39, 0.29) is 17.4 Å². The predicted octanol–water partition coefficient (Wildman–Crippen LogP) is 1.37. The van der Waals surface area contributed by atoms with Crippen LogP contribution >= 0.6 is 0 Å². The molecule has 0 radical (unpaired) electrons. The number of nitrogens with zero attached hydrogens (tertiary/aromatic N) is 1. The van der Waals surface area contributed by atoms with Crippen LogP contribution in [0.5, 0.6) is 5.75 Å². The van der Waals surface area contributed by atoms with Crippen molar-refractivity contribution in [1.29, 1.82) is 0 Å². The van der Waals surface area contributed by atoms with Crippen LogP contribution < -0.4 is 0 Å². The summed E-state index contributed by atoms with van der Waals surface area (Å²) in [5.74, 6) is 0.00722. The third-order valence-corrected chi connectivity index (χ3v) is 2.80. The molecule has 92 valence electrons. The van der Waals surface area contributed by atoms with E-state index in [1.807, 2.05) is 0 Å². The summed E-state index contributed by atoms with van der Waals surface area (Å²) in [5, 5.41) is 9.17. The maximum absolute atomic E-state index is 11.5. The Labute approximate surface area is 101 Å². The Hall–Kier alpha value is -1.84. The van der Waals surface area contributed by atoms with E-state index in [4.69, 9.17) is 5.11 Å². The van der Waals surface area contributed by atoms with Gasteiger partial charge >= 0.3 is 0 Å². The lowest BCUT2D eigenvalue weighted by Gasteiger charge is -2.25. The Morgan fingerprint density at radius 3 is 2.18 bits per heavy atom. The zero-order chi connectivity index (χ0) is 13.0. The maximum Gasteiger partial charge on any atom is 0.219 e. The number of hydrogen-bond donors (Lipinski definition) is 1. The van der Waals surface area contributed by atoms with Gasteiger partial charge in [-0.15, -0.1) is 0 Å². The van der Waals surface area contributed by atoms with E-state index >= 15 is 0 Å². The minimum absolute atomic E-state index is 0.0456. The van der Waals surface area contributed by atoms with Gasteiger partial charge in [0.15, 0.2) is 5.78 Å². The standard InChI is InChI=1S/C13H17NO3/c1-9(15)13(14(3)10(2)16)8-11-4-6-12(17)7-5-11/h4-7,13,17H,8H2,1-3H3. The van der Waals surface area contributed by atoms with Crippen LogP contribution in [0.1, 0.15) is 19.4 Å². The molecule has 0 aromatic heterocycles. The summed E-state index contributed by atoms with van der Waals surface area (Å²) in [7, 11) is 1.62. The van der Waals surface area contributed by atoms with Crippen molar-refractivity contribution in [1.82, 2.24) is 4.90 Å². The molecule has 1 unspecified atom stereocenters. The third kappa shape index (κ3) is 3.59. The smallest absolute Gasteiger partial charge is 0.219 e. The van der Waals surface area contributed by atoms with Gasteiger partial charge in [-0.2, -0.15) is 0 Å². The number of amides is 1. The molecule has 1 amide bonds. The number of carbonyl (C=O) groups is 2. The molecule has 4 nitrogen and oxygen atoms in total. The molecule has 0 saturated carbocycles. The number of rotatable bonds is 4. The first kappa shape index (κ1) is 13.2. The summed E-state index contributed by atoms with van der Waals surface area (Å²) < 4.78 is 0. The Morgan fingerprint density at radius 2 is 1.76 bits per heavy atom. The summed E-state index contributed by atoms with van der Waals surface area (Å²) in [4.78, 5) is 24.2. The van der Waals surface area contributed by atoms with Crippen molar-refractivity contribution in [3.05, 3.63) is 29.8 Å². The molecule has 4 heteroatoms. The molecule has 1 N–H and O–H groups in total. The minimum Gasteiger partial charge on any atom is -0.508 e. The zero-order valence-electron chi connectivity index (χ0n) is 10.3. The largest absolute Gasteiger partial charge is 0.508 e. The highest BCUT2D eigenvalue weighted by Gasteiger charge is 2.21. The Kier molecular flexibility index (Phi) is 4.26. The molecule has 0 aliphatic rings. The Morgan fingerprint density at radius 1 is 1.24 bits per heavy atom. The van der Waals surface area contributed by atoms with Crippen molar-refractivity contribution in [3.63, 3.8) is 0 Å². The Bertz CT molecular complexity index is 411. The lowest BCUT2D eigenvalue weighted by Crippen LogP contribution is -2.41. The number of carbonyl (C=O) groups excluding carboxylic acids is 2. The lowest BCUT2D eigenvalue weighted by molar-refractivity contribution is -0.135. The molecule has 1 rings (SSSR count). The van der Waals surface area contributed by atoms with Crippen molar-refractivity contribution in [3.8, 4) is 5.75 Å². The summed E-state index contributed by atoms with van der Waals surface area (Å²) in [6.45, 7) is 2.91. The second-order valence-corrected chi connectivity index (χ2v) is 4.13.